The molecule has 1 aromatic heterocycles. The minimum absolute atomic E-state index is 0.0167. The number of amides is 1. The first-order valence-electron chi connectivity index (χ1n) is 12.8. The summed E-state index contributed by atoms with van der Waals surface area (Å²) < 4.78 is 6.45. The second kappa shape index (κ2) is 10.5. The fraction of sp³-hybridized carbons (Fsp3) is 0.258. The third kappa shape index (κ3) is 5.16. The third-order valence-corrected chi connectivity index (χ3v) is 7.94. The topological polar surface area (TPSA) is 79.7 Å². The molecular formula is C31H29ClN2O4S. The number of halogens is 1. The van der Waals surface area contributed by atoms with Gasteiger partial charge in [-0.25, -0.2) is 4.98 Å². The second-order valence-electron chi connectivity index (χ2n) is 10.5. The van der Waals surface area contributed by atoms with Crippen LogP contribution in [0.2, 0.25) is 5.02 Å². The van der Waals surface area contributed by atoms with Gasteiger partial charge in [0.05, 0.1) is 28.4 Å². The number of carbonyl (C=O) groups excluding carboxylic acids is 2. The molecule has 200 valence electrons. The molecule has 1 N–H and O–H groups in total. The van der Waals surface area contributed by atoms with Crippen LogP contribution < -0.4 is 9.64 Å². The molecule has 0 aliphatic carbocycles. The largest absolute Gasteiger partial charge is 0.507 e. The Bertz CT molecular complexity index is 1580. The van der Waals surface area contributed by atoms with Crippen molar-refractivity contribution >= 4 is 55.7 Å². The van der Waals surface area contributed by atoms with E-state index in [0.29, 0.717) is 39.2 Å². The van der Waals surface area contributed by atoms with Crippen LogP contribution in [0, 0.1) is 0 Å². The van der Waals surface area contributed by atoms with Crippen LogP contribution in [0.25, 0.3) is 16.0 Å². The molecule has 1 amide bonds. The van der Waals surface area contributed by atoms with Crippen molar-refractivity contribution in [3.63, 3.8) is 0 Å². The highest BCUT2D eigenvalue weighted by Crippen LogP contribution is 2.45. The van der Waals surface area contributed by atoms with Gasteiger partial charge in [0.25, 0.3) is 5.78 Å². The number of Topliss-reactive ketones (excluding diaryl/α,β-unsaturated/α-hetero) is 1. The molecule has 5 rings (SSSR count). The summed E-state index contributed by atoms with van der Waals surface area (Å²) in [4.78, 5) is 33.1. The number of aliphatic hydroxyl groups excluding tert-OH is 1. The maximum Gasteiger partial charge on any atom is 0.301 e. The fourth-order valence-electron chi connectivity index (χ4n) is 4.58. The summed E-state index contributed by atoms with van der Waals surface area (Å²) in [5.41, 5.74) is 2.84. The van der Waals surface area contributed by atoms with E-state index in [2.05, 4.69) is 25.8 Å². The number of nitrogens with zero attached hydrogens (tertiary/aromatic N) is 2. The maximum absolute atomic E-state index is 13.5. The number of aliphatic hydroxyl groups is 1. The Kier molecular flexibility index (Phi) is 7.23. The Morgan fingerprint density at radius 2 is 1.74 bits per heavy atom. The van der Waals surface area contributed by atoms with Crippen LogP contribution in [0.5, 0.6) is 5.75 Å². The van der Waals surface area contributed by atoms with E-state index >= 15 is 0 Å². The zero-order valence-electron chi connectivity index (χ0n) is 22.2. The smallest absolute Gasteiger partial charge is 0.301 e. The highest BCUT2D eigenvalue weighted by molar-refractivity contribution is 7.22. The standard InChI is InChI=1S/C31H29ClN2O4S/c1-5-16-38-22-13-8-19(9-14-22)27(35)25-26(18-6-10-20(11-7-18)31(2,3)4)34(29(37)28(25)36)30-33-23-15-12-21(32)17-24(23)39-30/h6-15,17,26,35H,5,16H2,1-4H3/b27-25+. The minimum Gasteiger partial charge on any atom is -0.507 e. The first kappa shape index (κ1) is 26.9. The normalized spacial score (nSPS) is 17.3. The molecule has 8 heteroatoms. The third-order valence-electron chi connectivity index (χ3n) is 6.68. The lowest BCUT2D eigenvalue weighted by Gasteiger charge is -2.24. The minimum atomic E-state index is -0.855. The number of carbonyl (C=O) groups is 2. The van der Waals surface area contributed by atoms with Gasteiger partial charge in [-0.3, -0.25) is 14.5 Å². The lowest BCUT2D eigenvalue weighted by molar-refractivity contribution is -0.132. The monoisotopic (exact) mass is 560 g/mol. The Morgan fingerprint density at radius 3 is 2.38 bits per heavy atom. The molecule has 1 atom stereocenters. The molecule has 3 aromatic carbocycles. The van der Waals surface area contributed by atoms with E-state index in [1.54, 1.807) is 42.5 Å². The van der Waals surface area contributed by atoms with Gasteiger partial charge in [-0.15, -0.1) is 0 Å². The molecule has 4 aromatic rings. The van der Waals surface area contributed by atoms with Gasteiger partial charge in [0.2, 0.25) is 0 Å². The first-order chi connectivity index (χ1) is 18.6. The van der Waals surface area contributed by atoms with E-state index in [1.807, 2.05) is 31.2 Å². The Morgan fingerprint density at radius 1 is 1.05 bits per heavy atom. The van der Waals surface area contributed by atoms with Crippen molar-refractivity contribution in [2.75, 3.05) is 11.5 Å². The zero-order valence-corrected chi connectivity index (χ0v) is 23.8. The first-order valence-corrected chi connectivity index (χ1v) is 14.0. The predicted molar refractivity (Wildman–Crippen MR) is 157 cm³/mol. The molecule has 1 fully saturated rings. The molecule has 2 heterocycles. The summed E-state index contributed by atoms with van der Waals surface area (Å²) in [6, 6.07) is 19.1. The molecular weight excluding hydrogens is 532 g/mol. The summed E-state index contributed by atoms with van der Waals surface area (Å²) >= 11 is 7.46. The van der Waals surface area contributed by atoms with Crippen LogP contribution >= 0.6 is 22.9 Å². The van der Waals surface area contributed by atoms with E-state index in [4.69, 9.17) is 16.3 Å². The molecule has 6 nitrogen and oxygen atoms in total. The van der Waals surface area contributed by atoms with Crippen molar-refractivity contribution in [2.45, 2.75) is 45.6 Å². The van der Waals surface area contributed by atoms with Crippen molar-refractivity contribution in [3.05, 3.63) is 94.0 Å². The molecule has 1 aliphatic heterocycles. The van der Waals surface area contributed by atoms with Gasteiger partial charge in [0.15, 0.2) is 5.13 Å². The van der Waals surface area contributed by atoms with Gasteiger partial charge in [-0.2, -0.15) is 0 Å². The van der Waals surface area contributed by atoms with Gasteiger partial charge in [0, 0.05) is 10.6 Å². The predicted octanol–water partition coefficient (Wildman–Crippen LogP) is 7.66. The molecule has 1 aliphatic rings. The number of hydrogen-bond donors (Lipinski definition) is 1. The number of aromatic nitrogens is 1. The number of thiazole rings is 1. The van der Waals surface area contributed by atoms with Gasteiger partial charge < -0.3 is 9.84 Å². The second-order valence-corrected chi connectivity index (χ2v) is 12.0. The molecule has 0 radical (unpaired) electrons. The lowest BCUT2D eigenvalue weighted by atomic mass is 9.85. The van der Waals surface area contributed by atoms with Crippen LogP contribution in [0.4, 0.5) is 5.13 Å². The average molecular weight is 561 g/mol. The summed E-state index contributed by atoms with van der Waals surface area (Å²) in [6.45, 7) is 8.96. The van der Waals surface area contributed by atoms with E-state index in [9.17, 15) is 14.7 Å². The van der Waals surface area contributed by atoms with E-state index in [0.717, 1.165) is 16.7 Å². The molecule has 1 unspecified atom stereocenters. The summed E-state index contributed by atoms with van der Waals surface area (Å²) in [5, 5.41) is 12.4. The van der Waals surface area contributed by atoms with E-state index < -0.39 is 17.7 Å². The maximum atomic E-state index is 13.5. The number of anilines is 1. The quantitative estimate of drug-likeness (QED) is 0.149. The van der Waals surface area contributed by atoms with Gasteiger partial charge >= 0.3 is 5.91 Å². The number of ether oxygens (including phenoxy) is 1. The van der Waals surface area contributed by atoms with Crippen molar-refractivity contribution < 1.29 is 19.4 Å². The average Bonchev–Trinajstić information content (AvgIpc) is 3.44. The van der Waals surface area contributed by atoms with Gasteiger partial charge in [-0.1, -0.05) is 74.9 Å². The fourth-order valence-corrected chi connectivity index (χ4v) is 5.85. The zero-order chi connectivity index (χ0) is 27.9. The highest BCUT2D eigenvalue weighted by atomic mass is 35.5. The van der Waals surface area contributed by atoms with E-state index in [-0.39, 0.29) is 16.7 Å². The number of hydrogen-bond acceptors (Lipinski definition) is 6. The highest BCUT2D eigenvalue weighted by Gasteiger charge is 2.48. The van der Waals surface area contributed by atoms with Gasteiger partial charge in [-0.05, 0) is 65.4 Å². The van der Waals surface area contributed by atoms with Crippen molar-refractivity contribution in [1.82, 2.24) is 4.98 Å². The number of ketones is 1. The number of benzene rings is 3. The van der Waals surface area contributed by atoms with E-state index in [1.165, 1.54) is 16.2 Å². The van der Waals surface area contributed by atoms with Crippen LogP contribution in [-0.4, -0.2) is 28.4 Å². The van der Waals surface area contributed by atoms with Gasteiger partial charge in [0.1, 0.15) is 11.5 Å². The molecule has 0 bridgehead atoms. The number of fused-ring (bicyclic) bond motifs is 1. The Balaban J connectivity index is 1.65. The van der Waals surface area contributed by atoms with Crippen LogP contribution in [0.1, 0.15) is 56.8 Å². The molecule has 0 saturated carbocycles. The van der Waals surface area contributed by atoms with Crippen molar-refractivity contribution in [1.29, 1.82) is 0 Å². The Labute approximate surface area is 236 Å². The van der Waals surface area contributed by atoms with Crippen LogP contribution in [0.3, 0.4) is 0 Å². The lowest BCUT2D eigenvalue weighted by Crippen LogP contribution is -2.29. The molecule has 0 spiro atoms. The summed E-state index contributed by atoms with van der Waals surface area (Å²) in [6.07, 6.45) is 0.872. The van der Waals surface area contributed by atoms with Crippen molar-refractivity contribution in [2.24, 2.45) is 0 Å². The van der Waals surface area contributed by atoms with Crippen LogP contribution in [-0.2, 0) is 15.0 Å². The Hall–Kier alpha value is -3.68. The SMILES string of the molecule is CCCOc1ccc(/C(O)=C2\C(=O)C(=O)N(c3nc4ccc(Cl)cc4s3)C2c2ccc(C(C)(C)C)cc2)cc1. The number of rotatable bonds is 6. The van der Waals surface area contributed by atoms with Crippen molar-refractivity contribution in [3.8, 4) is 5.75 Å². The molecule has 1 saturated heterocycles. The summed E-state index contributed by atoms with van der Waals surface area (Å²) in [5.74, 6) is -1.08. The summed E-state index contributed by atoms with van der Waals surface area (Å²) in [7, 11) is 0. The van der Waals surface area contributed by atoms with Crippen LogP contribution in [0.15, 0.2) is 72.3 Å². The molecule has 39 heavy (non-hydrogen) atoms.